The maximum Gasteiger partial charge on any atom is 0.338 e. The molecular weight excluding hydrogens is 532 g/mol. The van der Waals surface area contributed by atoms with Gasteiger partial charge in [-0.05, 0) is 59.5 Å². The lowest BCUT2D eigenvalue weighted by Gasteiger charge is -2.24. The summed E-state index contributed by atoms with van der Waals surface area (Å²) in [5, 5.41) is 2.34. The SMILES string of the molecule is CCOC(=O)C1=C(C)N=c2s/c(=C/c3cccc(OCc4cccc5ccccc45)c3)c(=O)n2[C@H]1c1ccccc1. The number of fused-ring (bicyclic) bond motifs is 2. The molecule has 4 aromatic carbocycles. The third-order valence-electron chi connectivity index (χ3n) is 7.06. The number of hydrogen-bond acceptors (Lipinski definition) is 6. The van der Waals surface area contributed by atoms with E-state index in [2.05, 4.69) is 29.3 Å². The van der Waals surface area contributed by atoms with Crippen LogP contribution in [0, 0.1) is 0 Å². The number of esters is 1. The Labute approximate surface area is 241 Å². The van der Waals surface area contributed by atoms with Gasteiger partial charge in [0.2, 0.25) is 0 Å². The number of allylic oxidation sites excluding steroid dienone is 1. The molecule has 0 aliphatic carbocycles. The van der Waals surface area contributed by atoms with E-state index in [4.69, 9.17) is 9.47 Å². The van der Waals surface area contributed by atoms with E-state index < -0.39 is 12.0 Å². The van der Waals surface area contributed by atoms with Crippen molar-refractivity contribution in [3.63, 3.8) is 0 Å². The summed E-state index contributed by atoms with van der Waals surface area (Å²) in [6.45, 7) is 4.22. The molecule has 5 aromatic rings. The minimum atomic E-state index is -0.621. The van der Waals surface area contributed by atoms with Crippen LogP contribution >= 0.6 is 11.3 Å². The zero-order valence-electron chi connectivity index (χ0n) is 22.7. The van der Waals surface area contributed by atoms with Gasteiger partial charge >= 0.3 is 5.97 Å². The van der Waals surface area contributed by atoms with Gasteiger partial charge in [-0.3, -0.25) is 9.36 Å². The number of carbonyl (C=O) groups is 1. The Kier molecular flexibility index (Phi) is 7.35. The van der Waals surface area contributed by atoms with Crippen molar-refractivity contribution in [2.75, 3.05) is 6.61 Å². The van der Waals surface area contributed by atoms with Crippen molar-refractivity contribution in [1.29, 1.82) is 0 Å². The smallest absolute Gasteiger partial charge is 0.338 e. The number of thiazole rings is 1. The summed E-state index contributed by atoms with van der Waals surface area (Å²) in [5.41, 5.74) is 3.48. The average Bonchev–Trinajstić information content (AvgIpc) is 3.29. The number of rotatable bonds is 7. The summed E-state index contributed by atoms with van der Waals surface area (Å²) in [4.78, 5) is 32.0. The van der Waals surface area contributed by atoms with Gasteiger partial charge in [0.15, 0.2) is 4.80 Å². The predicted molar refractivity (Wildman–Crippen MR) is 162 cm³/mol. The van der Waals surface area contributed by atoms with Gasteiger partial charge < -0.3 is 9.47 Å². The van der Waals surface area contributed by atoms with Gasteiger partial charge in [0.1, 0.15) is 12.4 Å². The highest BCUT2D eigenvalue weighted by molar-refractivity contribution is 7.07. The Morgan fingerprint density at radius 1 is 0.976 bits per heavy atom. The number of benzene rings is 4. The summed E-state index contributed by atoms with van der Waals surface area (Å²) in [5.74, 6) is 0.245. The molecule has 1 atom stereocenters. The summed E-state index contributed by atoms with van der Waals surface area (Å²) >= 11 is 1.30. The number of hydrogen-bond donors (Lipinski definition) is 0. The topological polar surface area (TPSA) is 69.9 Å². The molecule has 0 spiro atoms. The Balaban J connectivity index is 1.36. The van der Waals surface area contributed by atoms with E-state index in [1.807, 2.05) is 78.9 Å². The van der Waals surface area contributed by atoms with E-state index in [9.17, 15) is 9.59 Å². The molecule has 6 nitrogen and oxygen atoms in total. The van der Waals surface area contributed by atoms with Crippen molar-refractivity contribution in [2.24, 2.45) is 4.99 Å². The molecule has 41 heavy (non-hydrogen) atoms. The predicted octanol–water partition coefficient (Wildman–Crippen LogP) is 5.53. The third kappa shape index (κ3) is 5.24. The van der Waals surface area contributed by atoms with Gasteiger partial charge in [0, 0.05) is 0 Å². The van der Waals surface area contributed by atoms with Crippen molar-refractivity contribution < 1.29 is 14.3 Å². The minimum Gasteiger partial charge on any atom is -0.489 e. The molecule has 2 heterocycles. The fraction of sp³-hybridized carbons (Fsp3) is 0.147. The molecule has 204 valence electrons. The Hall–Kier alpha value is -4.75. The number of carbonyl (C=O) groups excluding carboxylic acids is 1. The minimum absolute atomic E-state index is 0.209. The van der Waals surface area contributed by atoms with Crippen LogP contribution in [0.15, 0.2) is 118 Å². The van der Waals surface area contributed by atoms with Crippen LogP contribution in [-0.4, -0.2) is 17.1 Å². The van der Waals surface area contributed by atoms with Crippen LogP contribution in [0.4, 0.5) is 0 Å². The molecule has 1 aliphatic heterocycles. The van der Waals surface area contributed by atoms with Gasteiger partial charge in [-0.1, -0.05) is 96.3 Å². The van der Waals surface area contributed by atoms with Gasteiger partial charge in [0.05, 0.1) is 28.5 Å². The maximum atomic E-state index is 13.8. The first kappa shape index (κ1) is 26.5. The van der Waals surface area contributed by atoms with Gasteiger partial charge in [-0.25, -0.2) is 9.79 Å². The number of ether oxygens (including phenoxy) is 2. The first-order valence-corrected chi connectivity index (χ1v) is 14.3. The van der Waals surface area contributed by atoms with Crippen LogP contribution in [0.25, 0.3) is 16.8 Å². The highest BCUT2D eigenvalue weighted by atomic mass is 32.1. The summed E-state index contributed by atoms with van der Waals surface area (Å²) in [7, 11) is 0. The molecule has 1 aliphatic rings. The molecule has 6 rings (SSSR count). The molecule has 7 heteroatoms. The molecule has 0 radical (unpaired) electrons. The molecular formula is C34H28N2O4S. The number of aromatic nitrogens is 1. The standard InChI is InChI=1S/C34H28N2O4S/c1-3-39-33(38)30-22(2)35-34-36(31(30)25-13-5-4-6-14-25)32(37)29(41-34)20-23-11-9-17-27(19-23)40-21-26-16-10-15-24-12-7-8-18-28(24)26/h4-20,31H,3,21H2,1-2H3/b29-20+/t31-/m0/s1. The highest BCUT2D eigenvalue weighted by Gasteiger charge is 2.33. The summed E-state index contributed by atoms with van der Waals surface area (Å²) < 4.78 is 13.7. The Morgan fingerprint density at radius 2 is 1.73 bits per heavy atom. The number of nitrogens with zero attached hydrogens (tertiary/aromatic N) is 2. The van der Waals surface area contributed by atoms with Gasteiger partial charge in [0.25, 0.3) is 5.56 Å². The van der Waals surface area contributed by atoms with Crippen LogP contribution in [0.5, 0.6) is 5.75 Å². The molecule has 0 fully saturated rings. The second-order valence-corrected chi connectivity index (χ2v) is 10.7. The lowest BCUT2D eigenvalue weighted by molar-refractivity contribution is -0.139. The van der Waals surface area contributed by atoms with E-state index in [1.165, 1.54) is 16.7 Å². The van der Waals surface area contributed by atoms with Crippen molar-refractivity contribution in [1.82, 2.24) is 4.57 Å². The van der Waals surface area contributed by atoms with E-state index in [0.717, 1.165) is 22.1 Å². The first-order valence-electron chi connectivity index (χ1n) is 13.5. The lowest BCUT2D eigenvalue weighted by Crippen LogP contribution is -2.39. The zero-order chi connectivity index (χ0) is 28.3. The maximum absolute atomic E-state index is 13.8. The Morgan fingerprint density at radius 3 is 2.56 bits per heavy atom. The van der Waals surface area contributed by atoms with E-state index in [0.29, 0.717) is 33.0 Å². The molecule has 0 amide bonds. The van der Waals surface area contributed by atoms with Crippen LogP contribution in [0.2, 0.25) is 0 Å². The molecule has 0 N–H and O–H groups in total. The first-order chi connectivity index (χ1) is 20.0. The van der Waals surface area contributed by atoms with Crippen LogP contribution < -0.4 is 19.6 Å². The van der Waals surface area contributed by atoms with Crippen LogP contribution in [0.3, 0.4) is 0 Å². The largest absolute Gasteiger partial charge is 0.489 e. The fourth-order valence-electron chi connectivity index (χ4n) is 5.17. The molecule has 0 saturated carbocycles. The molecule has 0 unspecified atom stereocenters. The Bertz CT molecular complexity index is 1970. The normalized spacial score (nSPS) is 15.0. The van der Waals surface area contributed by atoms with E-state index in [1.54, 1.807) is 18.4 Å². The zero-order valence-corrected chi connectivity index (χ0v) is 23.6. The van der Waals surface area contributed by atoms with E-state index >= 15 is 0 Å². The summed E-state index contributed by atoms with van der Waals surface area (Å²) in [6.07, 6.45) is 1.85. The van der Waals surface area contributed by atoms with Crippen LogP contribution in [-0.2, 0) is 16.1 Å². The quantitative estimate of drug-likeness (QED) is 0.246. The molecule has 1 aromatic heterocycles. The highest BCUT2D eigenvalue weighted by Crippen LogP contribution is 2.30. The van der Waals surface area contributed by atoms with E-state index in [-0.39, 0.29) is 12.2 Å². The molecule has 0 bridgehead atoms. The van der Waals surface area contributed by atoms with Gasteiger partial charge in [-0.15, -0.1) is 0 Å². The van der Waals surface area contributed by atoms with Crippen molar-refractivity contribution in [3.8, 4) is 5.75 Å². The van der Waals surface area contributed by atoms with Gasteiger partial charge in [-0.2, -0.15) is 0 Å². The van der Waals surface area contributed by atoms with Crippen molar-refractivity contribution in [3.05, 3.63) is 145 Å². The second-order valence-electron chi connectivity index (χ2n) is 9.71. The van der Waals surface area contributed by atoms with Crippen molar-refractivity contribution in [2.45, 2.75) is 26.5 Å². The third-order valence-corrected chi connectivity index (χ3v) is 8.05. The van der Waals surface area contributed by atoms with Crippen molar-refractivity contribution >= 4 is 34.2 Å². The molecule has 0 saturated heterocycles. The lowest BCUT2D eigenvalue weighted by atomic mass is 9.96. The average molecular weight is 561 g/mol. The summed E-state index contributed by atoms with van der Waals surface area (Å²) in [6, 6.07) is 31.0. The van der Waals surface area contributed by atoms with Crippen LogP contribution in [0.1, 0.15) is 36.6 Å². The fourth-order valence-corrected chi connectivity index (χ4v) is 6.21. The second kappa shape index (κ2) is 11.4. The monoisotopic (exact) mass is 560 g/mol.